The minimum Gasteiger partial charge on any atom is -0.308 e. The highest BCUT2D eigenvalue weighted by Crippen LogP contribution is 2.37. The lowest BCUT2D eigenvalue weighted by atomic mass is 10.1. The predicted molar refractivity (Wildman–Crippen MR) is 78.8 cm³/mol. The molecule has 0 fully saturated rings. The summed E-state index contributed by atoms with van der Waals surface area (Å²) in [6.45, 7) is 6.39. The van der Waals surface area contributed by atoms with E-state index in [4.69, 9.17) is 11.6 Å². The quantitative estimate of drug-likeness (QED) is 0.862. The minimum absolute atomic E-state index is 0.267. The lowest BCUT2D eigenvalue weighted by molar-refractivity contribution is 0.715. The van der Waals surface area contributed by atoms with Gasteiger partial charge in [0.1, 0.15) is 0 Å². The molecule has 0 radical (unpaired) electrons. The van der Waals surface area contributed by atoms with Gasteiger partial charge in [-0.3, -0.25) is 0 Å². The number of hydrogen-bond acceptors (Lipinski definition) is 3. The number of halogens is 1. The van der Waals surface area contributed by atoms with E-state index in [0.717, 1.165) is 9.90 Å². The Hall–Kier alpha value is -0.350. The van der Waals surface area contributed by atoms with Crippen LogP contribution < -0.4 is 5.32 Å². The summed E-state index contributed by atoms with van der Waals surface area (Å²) in [5.41, 5.74) is 2.53. The third kappa shape index (κ3) is 2.58. The highest BCUT2D eigenvalue weighted by Gasteiger charge is 2.18. The fourth-order valence-corrected chi connectivity index (χ4v) is 4.39. The molecule has 0 amide bonds. The summed E-state index contributed by atoms with van der Waals surface area (Å²) in [6.07, 6.45) is 0. The molecule has 0 aliphatic rings. The molecule has 2 heterocycles. The van der Waals surface area contributed by atoms with Crippen molar-refractivity contribution in [3.05, 3.63) is 42.2 Å². The lowest BCUT2D eigenvalue weighted by Crippen LogP contribution is -2.15. The molecular weight excluding hydrogens is 270 g/mol. The first-order valence-corrected chi connectivity index (χ1v) is 7.54. The number of aryl methyl sites for hydroxylation is 3. The molecule has 2 rings (SSSR count). The van der Waals surface area contributed by atoms with Crippen molar-refractivity contribution < 1.29 is 0 Å². The zero-order chi connectivity index (χ0) is 12.6. The van der Waals surface area contributed by atoms with Crippen LogP contribution >= 0.6 is 34.3 Å². The summed E-state index contributed by atoms with van der Waals surface area (Å²) in [4.78, 5) is 4.04. The molecule has 0 spiro atoms. The molecule has 1 nitrogen and oxygen atoms in total. The fraction of sp³-hybridized carbons (Fsp3) is 0.385. The Kier molecular flexibility index (Phi) is 3.93. The summed E-state index contributed by atoms with van der Waals surface area (Å²) in [5, 5.41) is 3.38. The number of hydrogen-bond donors (Lipinski definition) is 1. The van der Waals surface area contributed by atoms with Crippen molar-refractivity contribution in [2.24, 2.45) is 0 Å². The van der Waals surface area contributed by atoms with E-state index in [1.165, 1.54) is 20.2 Å². The molecule has 2 aromatic rings. The first-order valence-electron chi connectivity index (χ1n) is 5.53. The fourth-order valence-electron chi connectivity index (χ4n) is 1.79. The Morgan fingerprint density at radius 2 is 1.65 bits per heavy atom. The summed E-state index contributed by atoms with van der Waals surface area (Å²) < 4.78 is 0.894. The van der Waals surface area contributed by atoms with Crippen LogP contribution in [0.15, 0.2) is 12.1 Å². The Labute approximate surface area is 115 Å². The van der Waals surface area contributed by atoms with Crippen LogP contribution in [0.3, 0.4) is 0 Å². The van der Waals surface area contributed by atoms with E-state index >= 15 is 0 Å². The molecule has 0 aliphatic carbocycles. The van der Waals surface area contributed by atoms with Crippen LogP contribution in [0.2, 0.25) is 4.34 Å². The topological polar surface area (TPSA) is 12.0 Å². The van der Waals surface area contributed by atoms with Crippen LogP contribution in [0.25, 0.3) is 0 Å². The van der Waals surface area contributed by atoms with Crippen molar-refractivity contribution in [3.63, 3.8) is 0 Å². The standard InChI is InChI=1S/C13H16ClNS2/c1-7-5-10(16-9(7)3)12(15-4)11-6-8(2)13(14)17-11/h5-6,12,15H,1-4H3. The molecule has 1 N–H and O–H groups in total. The highest BCUT2D eigenvalue weighted by molar-refractivity contribution is 7.17. The van der Waals surface area contributed by atoms with Gasteiger partial charge in [-0.25, -0.2) is 0 Å². The van der Waals surface area contributed by atoms with Crippen LogP contribution in [0.1, 0.15) is 31.8 Å². The average Bonchev–Trinajstić information content (AvgIpc) is 2.75. The summed E-state index contributed by atoms with van der Waals surface area (Å²) in [7, 11) is 2.00. The molecule has 1 atom stereocenters. The second-order valence-corrected chi connectivity index (χ2v) is 7.19. The Bertz CT molecular complexity index is 442. The smallest absolute Gasteiger partial charge is 0.0961 e. The van der Waals surface area contributed by atoms with Crippen molar-refractivity contribution in [2.75, 3.05) is 7.05 Å². The van der Waals surface area contributed by atoms with Crippen molar-refractivity contribution in [1.29, 1.82) is 0 Å². The largest absolute Gasteiger partial charge is 0.308 e. The van der Waals surface area contributed by atoms with E-state index in [-0.39, 0.29) is 6.04 Å². The molecule has 4 heteroatoms. The maximum absolute atomic E-state index is 6.15. The Balaban J connectivity index is 2.39. The number of rotatable bonds is 3. The van der Waals surface area contributed by atoms with E-state index in [1.807, 2.05) is 18.4 Å². The summed E-state index contributed by atoms with van der Waals surface area (Å²) >= 11 is 9.67. The number of thiophene rings is 2. The van der Waals surface area contributed by atoms with E-state index in [9.17, 15) is 0 Å². The molecule has 0 aliphatic heterocycles. The molecule has 0 bridgehead atoms. The second kappa shape index (κ2) is 5.11. The van der Waals surface area contributed by atoms with E-state index < -0.39 is 0 Å². The molecule has 2 aromatic heterocycles. The van der Waals surface area contributed by atoms with Gasteiger partial charge in [0.2, 0.25) is 0 Å². The van der Waals surface area contributed by atoms with E-state index in [1.54, 1.807) is 11.3 Å². The first kappa shape index (κ1) is 13.1. The second-order valence-electron chi connectivity index (χ2n) is 4.22. The SMILES string of the molecule is CNC(c1cc(C)c(C)s1)c1cc(C)c(Cl)s1. The maximum atomic E-state index is 6.15. The molecule has 17 heavy (non-hydrogen) atoms. The van der Waals surface area contributed by atoms with Gasteiger partial charge in [0, 0.05) is 14.6 Å². The van der Waals surface area contributed by atoms with Gasteiger partial charge in [-0.2, -0.15) is 0 Å². The summed E-state index contributed by atoms with van der Waals surface area (Å²) in [6, 6.07) is 4.71. The van der Waals surface area contributed by atoms with E-state index in [2.05, 4.69) is 38.2 Å². The zero-order valence-electron chi connectivity index (χ0n) is 10.4. The van der Waals surface area contributed by atoms with Crippen LogP contribution in [-0.2, 0) is 0 Å². The van der Waals surface area contributed by atoms with Gasteiger partial charge < -0.3 is 5.32 Å². The molecule has 0 saturated carbocycles. The lowest BCUT2D eigenvalue weighted by Gasteiger charge is -2.12. The highest BCUT2D eigenvalue weighted by atomic mass is 35.5. The van der Waals surface area contributed by atoms with Crippen molar-refractivity contribution >= 4 is 34.3 Å². The Morgan fingerprint density at radius 3 is 2.06 bits per heavy atom. The van der Waals surface area contributed by atoms with Crippen LogP contribution in [0, 0.1) is 20.8 Å². The molecule has 0 saturated heterocycles. The average molecular weight is 286 g/mol. The summed E-state index contributed by atoms with van der Waals surface area (Å²) in [5.74, 6) is 0. The minimum atomic E-state index is 0.267. The monoisotopic (exact) mass is 285 g/mol. The maximum Gasteiger partial charge on any atom is 0.0961 e. The molecule has 1 unspecified atom stereocenters. The van der Waals surface area contributed by atoms with Gasteiger partial charge in [-0.05, 0) is 51.1 Å². The third-order valence-corrected chi connectivity index (χ3v) is 5.76. The van der Waals surface area contributed by atoms with Gasteiger partial charge in [-0.15, -0.1) is 22.7 Å². The van der Waals surface area contributed by atoms with Gasteiger partial charge in [0.25, 0.3) is 0 Å². The third-order valence-electron chi connectivity index (χ3n) is 2.92. The van der Waals surface area contributed by atoms with Crippen molar-refractivity contribution in [1.82, 2.24) is 5.32 Å². The van der Waals surface area contributed by atoms with E-state index in [0.29, 0.717) is 0 Å². The first-order chi connectivity index (χ1) is 8.02. The Morgan fingerprint density at radius 1 is 1.06 bits per heavy atom. The van der Waals surface area contributed by atoms with Gasteiger partial charge in [0.05, 0.1) is 10.4 Å². The zero-order valence-corrected chi connectivity index (χ0v) is 12.8. The van der Waals surface area contributed by atoms with Crippen LogP contribution in [0.4, 0.5) is 0 Å². The van der Waals surface area contributed by atoms with Crippen molar-refractivity contribution in [2.45, 2.75) is 26.8 Å². The molecular formula is C13H16ClNS2. The normalized spacial score (nSPS) is 13.0. The van der Waals surface area contributed by atoms with Gasteiger partial charge in [-0.1, -0.05) is 11.6 Å². The van der Waals surface area contributed by atoms with Gasteiger partial charge in [0.15, 0.2) is 0 Å². The number of nitrogens with one attached hydrogen (secondary N) is 1. The molecule has 0 aromatic carbocycles. The van der Waals surface area contributed by atoms with Crippen LogP contribution in [0.5, 0.6) is 0 Å². The van der Waals surface area contributed by atoms with Crippen molar-refractivity contribution in [3.8, 4) is 0 Å². The molecule has 92 valence electrons. The van der Waals surface area contributed by atoms with Crippen LogP contribution in [-0.4, -0.2) is 7.05 Å². The predicted octanol–water partition coefficient (Wildman–Crippen LogP) is 4.70. The van der Waals surface area contributed by atoms with Gasteiger partial charge >= 0.3 is 0 Å².